The van der Waals surface area contributed by atoms with Crippen molar-refractivity contribution in [2.75, 3.05) is 18.0 Å². The largest absolute Gasteiger partial charge is 0.366 e. The minimum Gasteiger partial charge on any atom is -0.366 e. The quantitative estimate of drug-likeness (QED) is 0.344. The first-order chi connectivity index (χ1) is 14.1. The predicted octanol–water partition coefficient (Wildman–Crippen LogP) is 6.53. The topological polar surface area (TPSA) is 59.3 Å². The normalized spacial score (nSPS) is 14.4. The summed E-state index contributed by atoms with van der Waals surface area (Å²) in [6.07, 6.45) is 7.12. The highest BCUT2D eigenvalue weighted by Gasteiger charge is 2.21. The molecule has 148 valence electrons. The van der Waals surface area contributed by atoms with Crippen LogP contribution in [0.3, 0.4) is 0 Å². The van der Waals surface area contributed by atoms with E-state index >= 15 is 0 Å². The van der Waals surface area contributed by atoms with E-state index in [4.69, 9.17) is 11.6 Å². The van der Waals surface area contributed by atoms with Crippen LogP contribution in [0.25, 0.3) is 23.4 Å². The molecule has 1 aliphatic rings. The number of nitrogens with zero attached hydrogens (tertiary/aromatic N) is 3. The van der Waals surface area contributed by atoms with E-state index in [1.54, 1.807) is 6.07 Å². The maximum absolute atomic E-state index is 11.6. The van der Waals surface area contributed by atoms with Gasteiger partial charge in [0, 0.05) is 35.1 Å². The second-order valence-corrected chi connectivity index (χ2v) is 8.29. The molecule has 1 aliphatic heterocycles. The van der Waals surface area contributed by atoms with Crippen LogP contribution >= 0.6 is 22.9 Å². The molecular formula is C22H20ClN3O2S. The molecule has 0 spiro atoms. The Morgan fingerprint density at radius 2 is 1.83 bits per heavy atom. The summed E-state index contributed by atoms with van der Waals surface area (Å²) < 4.78 is 0. The van der Waals surface area contributed by atoms with Crippen molar-refractivity contribution in [3.63, 3.8) is 0 Å². The van der Waals surface area contributed by atoms with Crippen LogP contribution in [0.15, 0.2) is 47.8 Å². The van der Waals surface area contributed by atoms with Crippen molar-refractivity contribution in [1.82, 2.24) is 4.98 Å². The van der Waals surface area contributed by atoms with Crippen LogP contribution in [0.4, 0.5) is 11.4 Å². The monoisotopic (exact) mass is 425 g/mol. The Morgan fingerprint density at radius 3 is 2.55 bits per heavy atom. The molecule has 0 aliphatic carbocycles. The van der Waals surface area contributed by atoms with Crippen molar-refractivity contribution < 1.29 is 4.92 Å². The van der Waals surface area contributed by atoms with Crippen LogP contribution in [0.5, 0.6) is 0 Å². The molecule has 7 heteroatoms. The lowest BCUT2D eigenvalue weighted by atomic mass is 10.1. The number of nitro benzene ring substituents is 1. The Kier molecular flexibility index (Phi) is 5.92. The van der Waals surface area contributed by atoms with Crippen molar-refractivity contribution >= 4 is 46.5 Å². The highest BCUT2D eigenvalue weighted by atomic mass is 35.5. The van der Waals surface area contributed by atoms with Crippen molar-refractivity contribution in [2.24, 2.45) is 0 Å². The first-order valence-corrected chi connectivity index (χ1v) is 10.8. The van der Waals surface area contributed by atoms with E-state index in [0.717, 1.165) is 47.8 Å². The van der Waals surface area contributed by atoms with E-state index in [-0.39, 0.29) is 10.6 Å². The summed E-state index contributed by atoms with van der Waals surface area (Å²) in [4.78, 5) is 18.1. The van der Waals surface area contributed by atoms with Crippen molar-refractivity contribution in [3.8, 4) is 11.3 Å². The molecule has 0 radical (unpaired) electrons. The third kappa shape index (κ3) is 4.66. The number of piperidine rings is 1. The molecule has 0 unspecified atom stereocenters. The first-order valence-electron chi connectivity index (χ1n) is 9.53. The predicted molar refractivity (Wildman–Crippen MR) is 121 cm³/mol. The summed E-state index contributed by atoms with van der Waals surface area (Å²) in [6.45, 7) is 1.76. The second kappa shape index (κ2) is 8.76. The molecule has 0 bridgehead atoms. The highest BCUT2D eigenvalue weighted by molar-refractivity contribution is 7.10. The van der Waals surface area contributed by atoms with Gasteiger partial charge in [-0.15, -0.1) is 11.3 Å². The minimum atomic E-state index is -0.288. The van der Waals surface area contributed by atoms with Crippen LogP contribution in [0, 0.1) is 10.1 Å². The van der Waals surface area contributed by atoms with E-state index in [0.29, 0.717) is 10.7 Å². The van der Waals surface area contributed by atoms with Crippen molar-refractivity contribution in [1.29, 1.82) is 0 Å². The van der Waals surface area contributed by atoms with Gasteiger partial charge in [-0.2, -0.15) is 0 Å². The van der Waals surface area contributed by atoms with E-state index < -0.39 is 0 Å². The van der Waals surface area contributed by atoms with Crippen LogP contribution in [0.1, 0.15) is 29.8 Å². The van der Waals surface area contributed by atoms with Gasteiger partial charge in [-0.1, -0.05) is 35.9 Å². The molecule has 1 saturated heterocycles. The van der Waals surface area contributed by atoms with Crippen LogP contribution in [0.2, 0.25) is 5.02 Å². The number of benzene rings is 2. The van der Waals surface area contributed by atoms with Gasteiger partial charge < -0.3 is 4.90 Å². The maximum Gasteiger partial charge on any atom is 0.293 e. The third-order valence-electron chi connectivity index (χ3n) is 4.97. The maximum atomic E-state index is 11.6. The Bertz CT molecular complexity index is 1040. The third-order valence-corrected chi connectivity index (χ3v) is 6.04. The Morgan fingerprint density at radius 1 is 1.07 bits per heavy atom. The molecule has 5 nitrogen and oxygen atoms in total. The zero-order valence-electron chi connectivity index (χ0n) is 15.8. The SMILES string of the molecule is O=[N+]([O-])c1cc(C=Cc2nc(-c3ccc(Cl)cc3)cs2)ccc1N1CCCCC1. The number of hydrogen-bond donors (Lipinski definition) is 0. The number of rotatable bonds is 5. The highest BCUT2D eigenvalue weighted by Crippen LogP contribution is 2.32. The van der Waals surface area contributed by atoms with Gasteiger partial charge in [0.2, 0.25) is 0 Å². The van der Waals surface area contributed by atoms with E-state index in [1.165, 1.54) is 17.8 Å². The summed E-state index contributed by atoms with van der Waals surface area (Å²) in [6, 6.07) is 13.0. The number of aromatic nitrogens is 1. The lowest BCUT2D eigenvalue weighted by Gasteiger charge is -2.28. The number of nitro groups is 1. The van der Waals surface area contributed by atoms with Gasteiger partial charge in [0.1, 0.15) is 10.7 Å². The standard InChI is InChI=1S/C22H20ClN3O2S/c23-18-8-6-17(7-9-18)19-15-29-22(24-19)11-5-16-4-10-20(21(14-16)26(27)28)25-12-2-1-3-13-25/h4-11,14-15H,1-3,12-13H2. The summed E-state index contributed by atoms with van der Waals surface area (Å²) in [5.74, 6) is 0. The van der Waals surface area contributed by atoms with Gasteiger partial charge in [0.15, 0.2) is 0 Å². The fourth-order valence-electron chi connectivity index (χ4n) is 3.48. The number of hydrogen-bond acceptors (Lipinski definition) is 5. The molecule has 0 saturated carbocycles. The molecule has 0 atom stereocenters. The van der Waals surface area contributed by atoms with E-state index in [2.05, 4.69) is 9.88 Å². The van der Waals surface area contributed by atoms with Gasteiger partial charge in [-0.25, -0.2) is 4.98 Å². The molecule has 29 heavy (non-hydrogen) atoms. The van der Waals surface area contributed by atoms with Crippen molar-refractivity contribution in [3.05, 3.63) is 73.6 Å². The molecular weight excluding hydrogens is 406 g/mol. The average Bonchev–Trinajstić information content (AvgIpc) is 3.22. The molecule has 4 rings (SSSR count). The Labute approximate surface area is 178 Å². The van der Waals surface area contributed by atoms with Gasteiger partial charge in [0.05, 0.1) is 10.6 Å². The summed E-state index contributed by atoms with van der Waals surface area (Å²) in [7, 11) is 0. The molecule has 2 heterocycles. The van der Waals surface area contributed by atoms with Gasteiger partial charge >= 0.3 is 0 Å². The lowest BCUT2D eigenvalue weighted by molar-refractivity contribution is -0.384. The first kappa shape index (κ1) is 19.6. The van der Waals surface area contributed by atoms with Gasteiger partial charge in [-0.05, 0) is 49.1 Å². The van der Waals surface area contributed by atoms with Crippen molar-refractivity contribution in [2.45, 2.75) is 19.3 Å². The fourth-order valence-corrected chi connectivity index (χ4v) is 4.32. The lowest BCUT2D eigenvalue weighted by Crippen LogP contribution is -2.29. The van der Waals surface area contributed by atoms with E-state index in [1.807, 2.05) is 53.9 Å². The summed E-state index contributed by atoms with van der Waals surface area (Å²) in [5.41, 5.74) is 3.56. The zero-order valence-corrected chi connectivity index (χ0v) is 17.3. The number of anilines is 1. The van der Waals surface area contributed by atoms with Crippen LogP contribution < -0.4 is 4.90 Å². The number of halogens is 1. The smallest absolute Gasteiger partial charge is 0.293 e. The number of thiazole rings is 1. The summed E-state index contributed by atoms with van der Waals surface area (Å²) in [5, 5.41) is 15.1. The van der Waals surface area contributed by atoms with E-state index in [9.17, 15) is 10.1 Å². The average molecular weight is 426 g/mol. The molecule has 3 aromatic rings. The minimum absolute atomic E-state index is 0.162. The second-order valence-electron chi connectivity index (χ2n) is 6.96. The van der Waals surface area contributed by atoms with Crippen LogP contribution in [-0.2, 0) is 0 Å². The van der Waals surface area contributed by atoms with Gasteiger partial charge in [-0.3, -0.25) is 10.1 Å². The zero-order chi connectivity index (χ0) is 20.2. The molecule has 2 aromatic carbocycles. The molecule has 1 aromatic heterocycles. The summed E-state index contributed by atoms with van der Waals surface area (Å²) >= 11 is 7.47. The Balaban J connectivity index is 1.54. The van der Waals surface area contributed by atoms with Crippen LogP contribution in [-0.4, -0.2) is 23.0 Å². The van der Waals surface area contributed by atoms with Gasteiger partial charge in [0.25, 0.3) is 5.69 Å². The fraction of sp³-hybridized carbons (Fsp3) is 0.227. The molecule has 0 N–H and O–H groups in total. The molecule has 0 amide bonds. The Hall–Kier alpha value is -2.70. The molecule has 1 fully saturated rings.